The van der Waals surface area contributed by atoms with Crippen LogP contribution in [-0.4, -0.2) is 60.3 Å². The topological polar surface area (TPSA) is 138 Å². The van der Waals surface area contributed by atoms with E-state index in [-0.39, 0.29) is 41.5 Å². The van der Waals surface area contributed by atoms with E-state index in [1.807, 2.05) is 37.5 Å². The molecule has 1 aliphatic carbocycles. The molecular weight excluding hydrogens is 719 g/mol. The van der Waals surface area contributed by atoms with Crippen LogP contribution in [-0.2, 0) is 15.1 Å². The van der Waals surface area contributed by atoms with Crippen LogP contribution < -0.4 is 10.6 Å². The first-order chi connectivity index (χ1) is 23.9. The Kier molecular flexibility index (Phi) is 9.33. The van der Waals surface area contributed by atoms with E-state index in [0.717, 1.165) is 27.2 Å². The largest absolute Gasteiger partial charge is 0.447 e. The van der Waals surface area contributed by atoms with Gasteiger partial charge in [-0.05, 0) is 65.5 Å². The molecule has 1 saturated heterocycles. The Morgan fingerprint density at radius 3 is 2.43 bits per heavy atom. The minimum atomic E-state index is -4.71. The third-order valence-electron chi connectivity index (χ3n) is 8.73. The molecule has 51 heavy (non-hydrogen) atoms. The Balaban J connectivity index is 1.41. The molecule has 1 aliphatic heterocycles. The number of aromatic nitrogens is 4. The quantitative estimate of drug-likeness (QED) is 0.142. The zero-order chi connectivity index (χ0) is 36.9. The van der Waals surface area contributed by atoms with E-state index in [0.29, 0.717) is 5.56 Å². The number of carbonyl (C=O) groups is 2. The first-order valence-corrected chi connectivity index (χ1v) is 16.9. The standard InChI is InChI=1S/C33H32ClF5N8O3S/c1-30(2,3)16-32(20-7-4-18(5-8-20)22-10-13-51-45-22)27(48)46(28(40)43-32)24(15-50-29(49)44-31(11-12-31)33(37,38)39)19-6-9-21(34)23(14-19)47-26(25(35)36)41-17-42-47/h4-10,13-14,17,24-25H,11-12,15-16H2,1-3H3,(H2,40,43)(H,44,49)/t24-,32?/m1/s1. The molecule has 0 spiro atoms. The van der Waals surface area contributed by atoms with E-state index >= 15 is 0 Å². The maximum Gasteiger partial charge on any atom is 0.411 e. The van der Waals surface area contributed by atoms with Crippen molar-refractivity contribution in [3.05, 3.63) is 82.2 Å². The summed E-state index contributed by atoms with van der Waals surface area (Å²) in [6, 6.07) is 11.7. The number of benzene rings is 2. The number of guanidine groups is 1. The highest BCUT2D eigenvalue weighted by Gasteiger charge is 2.64. The number of ether oxygens (including phenoxy) is 1. The van der Waals surface area contributed by atoms with E-state index in [2.05, 4.69) is 19.8 Å². The number of halogens is 6. The van der Waals surface area contributed by atoms with Gasteiger partial charge in [-0.25, -0.2) is 23.2 Å². The van der Waals surface area contributed by atoms with Crippen LogP contribution >= 0.6 is 23.1 Å². The van der Waals surface area contributed by atoms with Crippen LogP contribution in [0.15, 0.2) is 60.2 Å². The Morgan fingerprint density at radius 1 is 1.14 bits per heavy atom. The lowest BCUT2D eigenvalue weighted by molar-refractivity contribution is -0.164. The zero-order valence-corrected chi connectivity index (χ0v) is 29.0. The van der Waals surface area contributed by atoms with Crippen LogP contribution in [0.1, 0.15) is 69.5 Å². The molecule has 2 aromatic carbocycles. The highest BCUT2D eigenvalue weighted by Crippen LogP contribution is 2.49. The zero-order valence-electron chi connectivity index (χ0n) is 27.4. The molecule has 18 heteroatoms. The normalized spacial score (nSPS) is 19.3. The molecule has 1 saturated carbocycles. The lowest BCUT2D eigenvalue weighted by Gasteiger charge is -2.35. The molecule has 6 rings (SSSR count). The highest BCUT2D eigenvalue weighted by molar-refractivity contribution is 7.03. The fraction of sp³-hybridized carbons (Fsp3) is 0.394. The van der Waals surface area contributed by atoms with Gasteiger partial charge in [0.05, 0.1) is 22.4 Å². The molecule has 0 bridgehead atoms. The lowest BCUT2D eigenvalue weighted by Crippen LogP contribution is -2.49. The minimum Gasteiger partial charge on any atom is -0.447 e. The van der Waals surface area contributed by atoms with Crippen molar-refractivity contribution in [1.29, 1.82) is 5.41 Å². The number of nitrogens with zero attached hydrogens (tertiary/aromatic N) is 5. The van der Waals surface area contributed by atoms with Gasteiger partial charge in [0.1, 0.15) is 24.0 Å². The number of alkyl carbamates (subject to hydrolysis) is 1. The maximum absolute atomic E-state index is 14.8. The molecule has 0 radical (unpaired) electrons. The fourth-order valence-electron chi connectivity index (χ4n) is 6.21. The highest BCUT2D eigenvalue weighted by atomic mass is 35.5. The molecule has 11 nitrogen and oxygen atoms in total. The first kappa shape index (κ1) is 36.2. The summed E-state index contributed by atoms with van der Waals surface area (Å²) in [5, 5.41) is 19.7. The predicted molar refractivity (Wildman–Crippen MR) is 178 cm³/mol. The Hall–Kier alpha value is -4.64. The van der Waals surface area contributed by atoms with Gasteiger partial charge in [-0.1, -0.05) is 62.7 Å². The van der Waals surface area contributed by atoms with Crippen molar-refractivity contribution in [1.82, 2.24) is 34.7 Å². The van der Waals surface area contributed by atoms with Crippen molar-refractivity contribution >= 4 is 41.1 Å². The van der Waals surface area contributed by atoms with Crippen LogP contribution in [0, 0.1) is 10.8 Å². The van der Waals surface area contributed by atoms with Crippen molar-refractivity contribution in [3.63, 3.8) is 0 Å². The third-order valence-corrected chi connectivity index (χ3v) is 9.61. The number of nitrogens with one attached hydrogen (secondary N) is 3. The van der Waals surface area contributed by atoms with Gasteiger partial charge in [0.2, 0.25) is 0 Å². The van der Waals surface area contributed by atoms with Gasteiger partial charge in [-0.2, -0.15) is 22.6 Å². The van der Waals surface area contributed by atoms with Crippen molar-refractivity contribution in [2.45, 2.75) is 69.8 Å². The monoisotopic (exact) mass is 750 g/mol. The van der Waals surface area contributed by atoms with Gasteiger partial charge in [-0.3, -0.25) is 15.1 Å². The Bertz CT molecular complexity index is 1940. The summed E-state index contributed by atoms with van der Waals surface area (Å²) in [5.41, 5.74) is -2.25. The van der Waals surface area contributed by atoms with E-state index in [9.17, 15) is 31.5 Å². The fourth-order valence-corrected chi connectivity index (χ4v) is 6.94. The van der Waals surface area contributed by atoms with Gasteiger partial charge in [-0.15, -0.1) is 0 Å². The second-order valence-corrected chi connectivity index (χ2v) is 14.7. The summed E-state index contributed by atoms with van der Waals surface area (Å²) < 4.78 is 79.0. The van der Waals surface area contributed by atoms with Gasteiger partial charge >= 0.3 is 12.3 Å². The van der Waals surface area contributed by atoms with E-state index < -0.39 is 59.6 Å². The number of carbonyl (C=O) groups excluding carboxylic acids is 2. The molecule has 2 amide bonds. The molecule has 1 unspecified atom stereocenters. The lowest BCUT2D eigenvalue weighted by atomic mass is 9.75. The predicted octanol–water partition coefficient (Wildman–Crippen LogP) is 7.54. The first-order valence-electron chi connectivity index (χ1n) is 15.7. The van der Waals surface area contributed by atoms with Gasteiger partial charge < -0.3 is 15.4 Å². The molecule has 2 aliphatic rings. The smallest absolute Gasteiger partial charge is 0.411 e. The second-order valence-electron chi connectivity index (χ2n) is 13.6. The summed E-state index contributed by atoms with van der Waals surface area (Å²) in [6.45, 7) is 5.04. The van der Waals surface area contributed by atoms with Crippen molar-refractivity contribution < 1.29 is 36.3 Å². The van der Waals surface area contributed by atoms with Crippen LogP contribution in [0.3, 0.4) is 0 Å². The van der Waals surface area contributed by atoms with Crippen LogP contribution in [0.5, 0.6) is 0 Å². The molecule has 2 fully saturated rings. The van der Waals surface area contributed by atoms with Gasteiger partial charge in [0.25, 0.3) is 12.3 Å². The van der Waals surface area contributed by atoms with Crippen LogP contribution in [0.2, 0.25) is 5.02 Å². The molecule has 2 aromatic heterocycles. The third kappa shape index (κ3) is 7.00. The number of alkyl halides is 5. The average molecular weight is 751 g/mol. The molecule has 2 atom stereocenters. The Labute approximate surface area is 297 Å². The number of rotatable bonds is 10. The summed E-state index contributed by atoms with van der Waals surface area (Å²) in [6.07, 6.45) is -8.67. The Morgan fingerprint density at radius 2 is 1.84 bits per heavy atom. The SMILES string of the molecule is CC(C)(C)CC1(c2ccc(-c3ccsn3)cc2)NC(=N)N([C@H](COC(=O)NC2(C(F)(F)F)CC2)c2ccc(Cl)c(-n3ncnc3C(F)F)c2)C1=O. The van der Waals surface area contributed by atoms with E-state index in [1.165, 1.54) is 29.7 Å². The molecular formula is C33H32ClF5N8O3S. The molecule has 4 aromatic rings. The molecule has 3 N–H and O–H groups in total. The summed E-state index contributed by atoms with van der Waals surface area (Å²) in [5.74, 6) is -1.72. The second kappa shape index (κ2) is 13.2. The number of hydrogen-bond acceptors (Lipinski definition) is 8. The maximum atomic E-state index is 14.8. The van der Waals surface area contributed by atoms with Crippen LogP contribution in [0.4, 0.5) is 26.7 Å². The van der Waals surface area contributed by atoms with Crippen molar-refractivity contribution in [3.8, 4) is 16.9 Å². The summed E-state index contributed by atoms with van der Waals surface area (Å²) in [4.78, 5) is 32.3. The number of hydrogen-bond donors (Lipinski definition) is 3. The minimum absolute atomic E-state index is 0.0207. The van der Waals surface area contributed by atoms with Gasteiger partial charge in [0.15, 0.2) is 11.8 Å². The van der Waals surface area contributed by atoms with Crippen molar-refractivity contribution in [2.75, 3.05) is 6.61 Å². The summed E-state index contributed by atoms with van der Waals surface area (Å²) >= 11 is 7.70. The van der Waals surface area contributed by atoms with E-state index in [1.54, 1.807) is 24.3 Å². The van der Waals surface area contributed by atoms with Gasteiger partial charge in [0, 0.05) is 10.9 Å². The van der Waals surface area contributed by atoms with Crippen LogP contribution in [0.25, 0.3) is 16.9 Å². The van der Waals surface area contributed by atoms with Crippen molar-refractivity contribution in [2.24, 2.45) is 5.41 Å². The molecule has 270 valence electrons. The molecule has 3 heterocycles. The van der Waals surface area contributed by atoms with E-state index in [4.69, 9.17) is 21.7 Å². The number of amides is 2. The summed E-state index contributed by atoms with van der Waals surface area (Å²) in [7, 11) is 0. The average Bonchev–Trinajstić information content (AvgIpc) is 3.38.